The number of piperidine rings is 1. The smallest absolute Gasteiger partial charge is 0.256 e. The molecule has 1 aliphatic rings. The van der Waals surface area contributed by atoms with Crippen LogP contribution in [0.25, 0.3) is 0 Å². The average Bonchev–Trinajstić information content (AvgIpc) is 2.87. The van der Waals surface area contributed by atoms with E-state index in [0.717, 1.165) is 0 Å². The summed E-state index contributed by atoms with van der Waals surface area (Å²) in [7, 11) is 3.05. The first-order valence-electron chi connectivity index (χ1n) is 11.2. The molecule has 0 aromatic heterocycles. The number of ether oxygens (including phenoxy) is 2. The van der Waals surface area contributed by atoms with Crippen LogP contribution < -0.4 is 15.4 Å². The zero-order valence-corrected chi connectivity index (χ0v) is 19.4. The van der Waals surface area contributed by atoms with Crippen molar-refractivity contribution >= 4 is 17.7 Å². The molecule has 0 saturated carbocycles. The highest BCUT2D eigenvalue weighted by atomic mass is 19.1. The lowest BCUT2D eigenvalue weighted by atomic mass is 9.88. The van der Waals surface area contributed by atoms with Crippen LogP contribution in [0.4, 0.5) is 4.39 Å². The SMILES string of the molecule is COCCNC(=O)C(NC(=O)c1cccc(OC)c1)C1CCN(C(=O)c2ccccc2F)CC1. The van der Waals surface area contributed by atoms with Crippen LogP contribution in [0.2, 0.25) is 0 Å². The molecule has 9 heteroatoms. The molecular formula is C25H30FN3O5. The van der Waals surface area contributed by atoms with Gasteiger partial charge in [0.1, 0.15) is 17.6 Å². The second kappa shape index (κ2) is 12.1. The zero-order valence-electron chi connectivity index (χ0n) is 19.4. The van der Waals surface area contributed by atoms with Crippen LogP contribution in [0, 0.1) is 11.7 Å². The highest BCUT2D eigenvalue weighted by molar-refractivity contribution is 5.98. The monoisotopic (exact) mass is 471 g/mol. The summed E-state index contributed by atoms with van der Waals surface area (Å²) in [5.74, 6) is -1.30. The molecular weight excluding hydrogens is 441 g/mol. The van der Waals surface area contributed by atoms with Crippen LogP contribution in [-0.2, 0) is 9.53 Å². The molecule has 34 heavy (non-hydrogen) atoms. The first kappa shape index (κ1) is 25.2. The second-order valence-corrected chi connectivity index (χ2v) is 8.08. The maximum Gasteiger partial charge on any atom is 0.256 e. The summed E-state index contributed by atoms with van der Waals surface area (Å²) in [6.45, 7) is 1.37. The summed E-state index contributed by atoms with van der Waals surface area (Å²) < 4.78 is 24.2. The molecule has 2 aromatic carbocycles. The van der Waals surface area contributed by atoms with Crippen LogP contribution in [0.15, 0.2) is 48.5 Å². The Labute approximate surface area is 198 Å². The third-order valence-corrected chi connectivity index (χ3v) is 5.91. The van der Waals surface area contributed by atoms with Gasteiger partial charge in [0, 0.05) is 32.3 Å². The lowest BCUT2D eigenvalue weighted by Gasteiger charge is -2.36. The van der Waals surface area contributed by atoms with Gasteiger partial charge in [-0.05, 0) is 49.1 Å². The van der Waals surface area contributed by atoms with Gasteiger partial charge in [-0.25, -0.2) is 4.39 Å². The average molecular weight is 472 g/mol. The zero-order chi connectivity index (χ0) is 24.5. The van der Waals surface area contributed by atoms with Gasteiger partial charge in [-0.1, -0.05) is 18.2 Å². The van der Waals surface area contributed by atoms with Gasteiger partial charge in [-0.2, -0.15) is 0 Å². The summed E-state index contributed by atoms with van der Waals surface area (Å²) in [6.07, 6.45) is 0.974. The van der Waals surface area contributed by atoms with Crippen molar-refractivity contribution in [2.75, 3.05) is 40.5 Å². The molecule has 1 fully saturated rings. The number of benzene rings is 2. The highest BCUT2D eigenvalue weighted by Crippen LogP contribution is 2.24. The number of nitrogens with one attached hydrogen (secondary N) is 2. The van der Waals surface area contributed by atoms with Crippen LogP contribution in [0.3, 0.4) is 0 Å². The minimum Gasteiger partial charge on any atom is -0.497 e. The molecule has 0 bridgehead atoms. The van der Waals surface area contributed by atoms with E-state index in [4.69, 9.17) is 9.47 Å². The van der Waals surface area contributed by atoms with E-state index in [1.54, 1.807) is 35.2 Å². The fourth-order valence-electron chi connectivity index (χ4n) is 4.01. The van der Waals surface area contributed by atoms with Crippen LogP contribution in [0.1, 0.15) is 33.6 Å². The first-order chi connectivity index (χ1) is 16.4. The number of methoxy groups -OCH3 is 2. The summed E-state index contributed by atoms with van der Waals surface area (Å²) in [6, 6.07) is 11.8. The van der Waals surface area contributed by atoms with E-state index in [9.17, 15) is 18.8 Å². The number of hydrogen-bond donors (Lipinski definition) is 2. The van der Waals surface area contributed by atoms with Gasteiger partial charge >= 0.3 is 0 Å². The topological polar surface area (TPSA) is 97.0 Å². The van der Waals surface area contributed by atoms with Crippen molar-refractivity contribution in [3.63, 3.8) is 0 Å². The van der Waals surface area contributed by atoms with Gasteiger partial charge in [0.25, 0.3) is 11.8 Å². The normalized spacial score (nSPS) is 14.9. The van der Waals surface area contributed by atoms with Crippen molar-refractivity contribution in [1.29, 1.82) is 0 Å². The van der Waals surface area contributed by atoms with E-state index in [2.05, 4.69) is 10.6 Å². The molecule has 0 radical (unpaired) electrons. The molecule has 1 unspecified atom stereocenters. The number of rotatable bonds is 9. The largest absolute Gasteiger partial charge is 0.497 e. The Morgan fingerprint density at radius 3 is 2.50 bits per heavy atom. The molecule has 0 spiro atoms. The summed E-state index contributed by atoms with van der Waals surface area (Å²) in [4.78, 5) is 40.2. The second-order valence-electron chi connectivity index (χ2n) is 8.08. The van der Waals surface area contributed by atoms with Gasteiger partial charge in [0.05, 0.1) is 19.3 Å². The predicted octanol–water partition coefficient (Wildman–Crippen LogP) is 2.25. The molecule has 1 aliphatic heterocycles. The fraction of sp³-hybridized carbons (Fsp3) is 0.400. The number of carbonyl (C=O) groups excluding carboxylic acids is 3. The van der Waals surface area contributed by atoms with Crippen LogP contribution in [-0.4, -0.2) is 69.1 Å². The van der Waals surface area contributed by atoms with Crippen molar-refractivity contribution in [2.45, 2.75) is 18.9 Å². The van der Waals surface area contributed by atoms with Gasteiger partial charge in [0.2, 0.25) is 5.91 Å². The van der Waals surface area contributed by atoms with Gasteiger partial charge in [-0.3, -0.25) is 14.4 Å². The van der Waals surface area contributed by atoms with Crippen molar-refractivity contribution in [3.8, 4) is 5.75 Å². The van der Waals surface area contributed by atoms with E-state index < -0.39 is 17.8 Å². The molecule has 1 atom stereocenters. The third-order valence-electron chi connectivity index (χ3n) is 5.91. The quantitative estimate of drug-likeness (QED) is 0.547. The molecule has 3 amide bonds. The molecule has 0 aliphatic carbocycles. The highest BCUT2D eigenvalue weighted by Gasteiger charge is 2.34. The number of amides is 3. The van der Waals surface area contributed by atoms with E-state index in [1.165, 1.54) is 32.4 Å². The van der Waals surface area contributed by atoms with Crippen molar-refractivity contribution in [1.82, 2.24) is 15.5 Å². The Morgan fingerprint density at radius 2 is 1.82 bits per heavy atom. The van der Waals surface area contributed by atoms with Gasteiger partial charge in [0.15, 0.2) is 0 Å². The van der Waals surface area contributed by atoms with Crippen LogP contribution in [0.5, 0.6) is 5.75 Å². The number of hydrogen-bond acceptors (Lipinski definition) is 5. The first-order valence-corrected chi connectivity index (χ1v) is 11.2. The minimum atomic E-state index is -0.790. The number of nitrogens with zero attached hydrogens (tertiary/aromatic N) is 1. The van der Waals surface area contributed by atoms with Crippen molar-refractivity contribution in [3.05, 3.63) is 65.5 Å². The maximum absolute atomic E-state index is 14.0. The van der Waals surface area contributed by atoms with Crippen LogP contribution >= 0.6 is 0 Å². The van der Waals surface area contributed by atoms with Gasteiger partial charge in [-0.15, -0.1) is 0 Å². The molecule has 182 valence electrons. The summed E-state index contributed by atoms with van der Waals surface area (Å²) in [5.41, 5.74) is 0.405. The fourth-order valence-corrected chi connectivity index (χ4v) is 4.01. The number of halogens is 1. The lowest BCUT2D eigenvalue weighted by molar-refractivity contribution is -0.124. The Balaban J connectivity index is 1.69. The Kier molecular flexibility index (Phi) is 8.98. The summed E-state index contributed by atoms with van der Waals surface area (Å²) in [5, 5.41) is 5.65. The molecule has 1 heterocycles. The Bertz CT molecular complexity index is 1010. The van der Waals surface area contributed by atoms with Crippen molar-refractivity contribution in [2.24, 2.45) is 5.92 Å². The van der Waals surface area contributed by atoms with Crippen molar-refractivity contribution < 1.29 is 28.2 Å². The molecule has 1 saturated heterocycles. The molecule has 3 rings (SSSR count). The number of likely N-dealkylation sites (tertiary alicyclic amines) is 1. The molecule has 8 nitrogen and oxygen atoms in total. The predicted molar refractivity (Wildman–Crippen MR) is 124 cm³/mol. The van der Waals surface area contributed by atoms with E-state index >= 15 is 0 Å². The standard InChI is InChI=1S/C25H30FN3O5/c1-33-15-12-27-24(31)22(28-23(30)18-6-5-7-19(16-18)34-2)17-10-13-29(14-11-17)25(32)20-8-3-4-9-21(20)26/h3-9,16-17,22H,10-15H2,1-2H3,(H,27,31)(H,28,30). The van der Waals surface area contributed by atoms with E-state index in [1.807, 2.05) is 0 Å². The van der Waals surface area contributed by atoms with E-state index in [-0.39, 0.29) is 23.3 Å². The lowest BCUT2D eigenvalue weighted by Crippen LogP contribution is -2.54. The third kappa shape index (κ3) is 6.32. The Hall–Kier alpha value is -3.46. The molecule has 2 N–H and O–H groups in total. The number of carbonyl (C=O) groups is 3. The Morgan fingerprint density at radius 1 is 1.09 bits per heavy atom. The summed E-state index contributed by atoms with van der Waals surface area (Å²) >= 11 is 0. The van der Waals surface area contributed by atoms with Gasteiger partial charge < -0.3 is 25.0 Å². The molecule has 2 aromatic rings. The maximum atomic E-state index is 14.0. The minimum absolute atomic E-state index is 0.0288. The van der Waals surface area contributed by atoms with E-state index in [0.29, 0.717) is 50.4 Å².